The summed E-state index contributed by atoms with van der Waals surface area (Å²) in [6.07, 6.45) is -5.01. The molecule has 0 rings (SSSR count). The van der Waals surface area contributed by atoms with Gasteiger partial charge in [0.15, 0.2) is 5.92 Å². The highest BCUT2D eigenvalue weighted by Gasteiger charge is 2.53. The molecule has 2 atom stereocenters. The maximum absolute atomic E-state index is 13.3. The van der Waals surface area contributed by atoms with Crippen molar-refractivity contribution in [2.75, 3.05) is 13.2 Å². The zero-order valence-electron chi connectivity index (χ0n) is 13.7. The number of carbonyl (C=O) groups excluding carboxylic acids is 2. The maximum atomic E-state index is 13.3. The van der Waals surface area contributed by atoms with E-state index in [0.29, 0.717) is 0 Å². The largest absolute Gasteiger partial charge is 0.465 e. The summed E-state index contributed by atoms with van der Waals surface area (Å²) in [4.78, 5) is 23.6. The van der Waals surface area contributed by atoms with Gasteiger partial charge in [-0.1, -0.05) is 0 Å². The topological polar surface area (TPSA) is 81.7 Å². The van der Waals surface area contributed by atoms with Crippen molar-refractivity contribution in [3.8, 4) is 0 Å². The van der Waals surface area contributed by atoms with Gasteiger partial charge in [0.05, 0.1) is 28.9 Å². The molecule has 0 aliphatic carbocycles. The number of alkyl halides is 3. The van der Waals surface area contributed by atoms with E-state index < -0.39 is 45.8 Å². The molecule has 0 aromatic rings. The molecule has 0 aromatic heterocycles. The first-order chi connectivity index (χ1) is 10.4. The minimum absolute atomic E-state index is 0.207. The number of esters is 2. The average Bonchev–Trinajstić information content (AvgIpc) is 2.36. The fraction of sp³-hybridized carbons (Fsp3) is 0.846. The molecule has 0 aliphatic heterocycles. The molecular weight excluding hydrogens is 339 g/mol. The first-order valence-electron chi connectivity index (χ1n) is 6.94. The second kappa shape index (κ2) is 8.62. The zero-order chi connectivity index (χ0) is 18.4. The normalized spacial score (nSPS) is 15.2. The Morgan fingerprint density at radius 1 is 1.04 bits per heavy atom. The Kier molecular flexibility index (Phi) is 8.19. The van der Waals surface area contributed by atoms with Crippen LogP contribution in [0.25, 0.3) is 0 Å². The van der Waals surface area contributed by atoms with Crippen molar-refractivity contribution in [3.63, 3.8) is 0 Å². The van der Waals surface area contributed by atoms with E-state index in [1.807, 2.05) is 4.72 Å². The van der Waals surface area contributed by atoms with Crippen LogP contribution in [-0.4, -0.2) is 46.3 Å². The lowest BCUT2D eigenvalue weighted by Crippen LogP contribution is -2.56. The molecule has 0 bridgehead atoms. The standard InChI is InChI=1S/C13H22F3NO5S/c1-6-21-10(18)8(11(19)22-7-2)9(13(14,15)16)17-23(20)12(3,4)5/h8-9,17H,6-7H2,1-5H3/t9-,23?/m1/s1. The first-order valence-corrected chi connectivity index (χ1v) is 8.09. The number of rotatable bonds is 7. The fourth-order valence-electron chi connectivity index (χ4n) is 1.45. The highest BCUT2D eigenvalue weighted by molar-refractivity contribution is 7.84. The van der Waals surface area contributed by atoms with E-state index in [2.05, 4.69) is 9.47 Å². The smallest absolute Gasteiger partial charge is 0.406 e. The van der Waals surface area contributed by atoms with Gasteiger partial charge in [0.2, 0.25) is 0 Å². The maximum Gasteiger partial charge on any atom is 0.406 e. The molecule has 0 fully saturated rings. The molecule has 0 aromatic carbocycles. The van der Waals surface area contributed by atoms with Crippen LogP contribution in [0.3, 0.4) is 0 Å². The molecule has 0 spiro atoms. The molecule has 0 aliphatic rings. The van der Waals surface area contributed by atoms with E-state index >= 15 is 0 Å². The van der Waals surface area contributed by atoms with Gasteiger partial charge < -0.3 is 9.47 Å². The summed E-state index contributed by atoms with van der Waals surface area (Å²) in [5.41, 5.74) is 0. The van der Waals surface area contributed by atoms with Crippen LogP contribution in [0.5, 0.6) is 0 Å². The van der Waals surface area contributed by atoms with Gasteiger partial charge in [0.25, 0.3) is 0 Å². The lowest BCUT2D eigenvalue weighted by atomic mass is 10.0. The number of nitrogens with one attached hydrogen (secondary N) is 1. The van der Waals surface area contributed by atoms with Crippen LogP contribution in [0.15, 0.2) is 0 Å². The van der Waals surface area contributed by atoms with Gasteiger partial charge >= 0.3 is 18.1 Å². The third-order valence-corrected chi connectivity index (χ3v) is 4.14. The molecule has 0 saturated carbocycles. The van der Waals surface area contributed by atoms with Crippen molar-refractivity contribution in [1.29, 1.82) is 0 Å². The van der Waals surface area contributed by atoms with Crippen molar-refractivity contribution >= 4 is 22.9 Å². The number of hydrogen-bond donors (Lipinski definition) is 1. The Hall–Kier alpha value is -1.16. The highest BCUT2D eigenvalue weighted by Crippen LogP contribution is 2.29. The SMILES string of the molecule is CCOC(=O)C(C(=O)OCC)[C@@H](NS(=O)C(C)(C)C)C(F)(F)F. The number of halogens is 3. The number of hydrogen-bond acceptors (Lipinski definition) is 5. The summed E-state index contributed by atoms with van der Waals surface area (Å²) in [6, 6.07) is -2.68. The Bertz CT molecular complexity index is 430. The molecule has 0 radical (unpaired) electrons. The molecule has 10 heteroatoms. The fourth-order valence-corrected chi connectivity index (χ4v) is 2.30. The van der Waals surface area contributed by atoms with Gasteiger partial charge in [-0.3, -0.25) is 9.59 Å². The van der Waals surface area contributed by atoms with E-state index in [9.17, 15) is 27.0 Å². The number of ether oxygens (including phenoxy) is 2. The Labute approximate surface area is 135 Å². The highest BCUT2D eigenvalue weighted by atomic mass is 32.2. The third kappa shape index (κ3) is 6.86. The molecule has 0 saturated heterocycles. The Morgan fingerprint density at radius 3 is 1.70 bits per heavy atom. The zero-order valence-corrected chi connectivity index (χ0v) is 14.5. The van der Waals surface area contributed by atoms with E-state index in [-0.39, 0.29) is 13.2 Å². The molecule has 6 nitrogen and oxygen atoms in total. The molecule has 1 unspecified atom stereocenters. The van der Waals surface area contributed by atoms with Gasteiger partial charge in [-0.2, -0.15) is 13.2 Å². The summed E-state index contributed by atoms with van der Waals surface area (Å²) in [5.74, 6) is -5.06. The van der Waals surface area contributed by atoms with Gasteiger partial charge in [0.1, 0.15) is 6.04 Å². The van der Waals surface area contributed by atoms with Crippen LogP contribution in [-0.2, 0) is 30.0 Å². The second-order valence-electron chi connectivity index (χ2n) is 5.50. The van der Waals surface area contributed by atoms with E-state index in [4.69, 9.17) is 0 Å². The first kappa shape index (κ1) is 21.8. The lowest BCUT2D eigenvalue weighted by Gasteiger charge is -2.29. The summed E-state index contributed by atoms with van der Waals surface area (Å²) in [7, 11) is -2.16. The second-order valence-corrected chi connectivity index (χ2v) is 7.50. The summed E-state index contributed by atoms with van der Waals surface area (Å²) >= 11 is 0. The van der Waals surface area contributed by atoms with Gasteiger partial charge in [0, 0.05) is 0 Å². The molecule has 1 N–H and O–H groups in total. The molecule has 136 valence electrons. The molecule has 0 amide bonds. The van der Waals surface area contributed by atoms with Crippen molar-refractivity contribution < 1.29 is 36.4 Å². The van der Waals surface area contributed by atoms with Crippen LogP contribution in [0.1, 0.15) is 34.6 Å². The van der Waals surface area contributed by atoms with Crippen LogP contribution in [0.2, 0.25) is 0 Å². The third-order valence-electron chi connectivity index (χ3n) is 2.56. The van der Waals surface area contributed by atoms with Crippen molar-refractivity contribution in [3.05, 3.63) is 0 Å². The van der Waals surface area contributed by atoms with E-state index in [1.54, 1.807) is 0 Å². The molecule has 23 heavy (non-hydrogen) atoms. The minimum Gasteiger partial charge on any atom is -0.465 e. The van der Waals surface area contributed by atoms with Crippen LogP contribution in [0.4, 0.5) is 13.2 Å². The van der Waals surface area contributed by atoms with Gasteiger partial charge in [-0.05, 0) is 34.6 Å². The van der Waals surface area contributed by atoms with Crippen molar-refractivity contribution in [2.24, 2.45) is 5.92 Å². The van der Waals surface area contributed by atoms with Gasteiger partial charge in [-0.15, -0.1) is 0 Å². The monoisotopic (exact) mass is 361 g/mol. The van der Waals surface area contributed by atoms with E-state index in [0.717, 1.165) is 0 Å². The molecular formula is C13H22F3NO5S. The minimum atomic E-state index is -5.01. The quantitative estimate of drug-likeness (QED) is 0.551. The predicted octanol–water partition coefficient (Wildman–Crippen LogP) is 1.71. The van der Waals surface area contributed by atoms with Crippen molar-refractivity contribution in [2.45, 2.75) is 51.6 Å². The average molecular weight is 361 g/mol. The lowest BCUT2D eigenvalue weighted by molar-refractivity contribution is -0.189. The Morgan fingerprint density at radius 2 is 1.43 bits per heavy atom. The number of carbonyl (C=O) groups is 2. The van der Waals surface area contributed by atoms with Crippen LogP contribution >= 0.6 is 0 Å². The van der Waals surface area contributed by atoms with Gasteiger partial charge in [-0.25, -0.2) is 8.93 Å². The summed E-state index contributed by atoms with van der Waals surface area (Å²) in [6.45, 7) is 6.73. The Balaban J connectivity index is 5.69. The van der Waals surface area contributed by atoms with Crippen LogP contribution < -0.4 is 4.72 Å². The predicted molar refractivity (Wildman–Crippen MR) is 77.6 cm³/mol. The van der Waals surface area contributed by atoms with Crippen LogP contribution in [0, 0.1) is 5.92 Å². The summed E-state index contributed by atoms with van der Waals surface area (Å²) in [5, 5.41) is 0. The summed E-state index contributed by atoms with van der Waals surface area (Å²) < 4.78 is 61.8. The van der Waals surface area contributed by atoms with Crippen molar-refractivity contribution in [1.82, 2.24) is 4.72 Å². The van der Waals surface area contributed by atoms with E-state index in [1.165, 1.54) is 34.6 Å². The molecule has 0 heterocycles.